The molecule has 7 heteroatoms. The molecule has 0 saturated carbocycles. The van der Waals surface area contributed by atoms with Gasteiger partial charge in [-0.25, -0.2) is 9.69 Å². The molecule has 0 spiro atoms. The third-order valence-electron chi connectivity index (χ3n) is 5.96. The number of anilines is 1. The largest absolute Gasteiger partial charge is 0.489 e. The molecule has 0 radical (unpaired) electrons. The maximum absolute atomic E-state index is 13.2. The van der Waals surface area contributed by atoms with Crippen LogP contribution in [-0.2, 0) is 16.2 Å². The van der Waals surface area contributed by atoms with Crippen LogP contribution in [0.3, 0.4) is 0 Å². The monoisotopic (exact) mass is 496 g/mol. The van der Waals surface area contributed by atoms with Crippen molar-refractivity contribution in [2.24, 2.45) is 0 Å². The minimum absolute atomic E-state index is 0.169. The summed E-state index contributed by atoms with van der Waals surface area (Å²) in [5.41, 5.74) is 2.54. The van der Waals surface area contributed by atoms with Gasteiger partial charge in [0.05, 0.1) is 5.69 Å². The zero-order valence-electron chi connectivity index (χ0n) is 19.3. The molecule has 1 fully saturated rings. The Balaban J connectivity index is 1.40. The molecule has 0 unspecified atom stereocenters. The van der Waals surface area contributed by atoms with Gasteiger partial charge in [-0.05, 0) is 64.7 Å². The van der Waals surface area contributed by atoms with Crippen molar-refractivity contribution in [3.63, 3.8) is 0 Å². The molecule has 6 nitrogen and oxygen atoms in total. The van der Waals surface area contributed by atoms with Crippen LogP contribution in [0.15, 0.2) is 90.5 Å². The van der Waals surface area contributed by atoms with Crippen molar-refractivity contribution in [2.45, 2.75) is 13.5 Å². The van der Waals surface area contributed by atoms with Crippen molar-refractivity contribution in [1.29, 1.82) is 0 Å². The van der Waals surface area contributed by atoms with E-state index in [4.69, 9.17) is 16.3 Å². The third kappa shape index (κ3) is 4.59. The number of carbonyl (C=O) groups excluding carboxylic acids is 3. The number of hydrogen-bond donors (Lipinski definition) is 1. The fourth-order valence-electron chi connectivity index (χ4n) is 4.05. The van der Waals surface area contributed by atoms with Crippen molar-refractivity contribution in [3.8, 4) is 5.75 Å². The summed E-state index contributed by atoms with van der Waals surface area (Å²) in [5, 5.41) is 4.88. The summed E-state index contributed by atoms with van der Waals surface area (Å²) in [5.74, 6) is -0.911. The van der Waals surface area contributed by atoms with Gasteiger partial charge in [-0.1, -0.05) is 72.3 Å². The minimum Gasteiger partial charge on any atom is -0.489 e. The van der Waals surface area contributed by atoms with Gasteiger partial charge in [-0.15, -0.1) is 0 Å². The number of nitrogens with one attached hydrogen (secondary N) is 1. The van der Waals surface area contributed by atoms with Crippen molar-refractivity contribution >= 4 is 52.0 Å². The van der Waals surface area contributed by atoms with E-state index in [2.05, 4.69) is 23.5 Å². The van der Waals surface area contributed by atoms with Gasteiger partial charge < -0.3 is 4.74 Å². The number of rotatable bonds is 5. The van der Waals surface area contributed by atoms with E-state index in [1.807, 2.05) is 31.2 Å². The first-order chi connectivity index (χ1) is 17.4. The molecule has 1 aliphatic rings. The minimum atomic E-state index is -0.825. The Bertz CT molecular complexity index is 1550. The van der Waals surface area contributed by atoms with Crippen LogP contribution < -0.4 is 15.0 Å². The number of carbonyl (C=O) groups is 3. The van der Waals surface area contributed by atoms with Crippen LogP contribution in [0.1, 0.15) is 16.7 Å². The van der Waals surface area contributed by atoms with Crippen LogP contribution in [0.5, 0.6) is 5.75 Å². The lowest BCUT2D eigenvalue weighted by Gasteiger charge is -2.26. The highest BCUT2D eigenvalue weighted by Gasteiger charge is 2.37. The Labute approximate surface area is 212 Å². The summed E-state index contributed by atoms with van der Waals surface area (Å²) < 4.78 is 6.02. The van der Waals surface area contributed by atoms with E-state index in [0.29, 0.717) is 22.9 Å². The topological polar surface area (TPSA) is 75.7 Å². The molecule has 0 aromatic heterocycles. The number of hydrogen-bond acceptors (Lipinski definition) is 4. The number of aryl methyl sites for hydroxylation is 1. The fraction of sp³-hybridized carbons (Fsp3) is 0.0690. The summed E-state index contributed by atoms with van der Waals surface area (Å²) in [7, 11) is 0. The molecule has 0 bridgehead atoms. The number of nitrogens with zero attached hydrogens (tertiary/aromatic N) is 1. The molecular formula is C29H21ClN2O4. The molecule has 4 amide bonds. The second-order valence-electron chi connectivity index (χ2n) is 8.39. The normalized spacial score (nSPS) is 14.9. The molecule has 1 N–H and O–H groups in total. The maximum Gasteiger partial charge on any atom is 0.335 e. The van der Waals surface area contributed by atoms with Crippen LogP contribution in [0.25, 0.3) is 16.8 Å². The number of barbiturate groups is 1. The highest BCUT2D eigenvalue weighted by atomic mass is 35.5. The van der Waals surface area contributed by atoms with Gasteiger partial charge in [-0.3, -0.25) is 14.9 Å². The third-order valence-corrected chi connectivity index (χ3v) is 6.37. The zero-order valence-corrected chi connectivity index (χ0v) is 20.1. The van der Waals surface area contributed by atoms with Gasteiger partial charge in [0.1, 0.15) is 17.9 Å². The van der Waals surface area contributed by atoms with E-state index in [1.54, 1.807) is 36.4 Å². The maximum atomic E-state index is 13.2. The van der Waals surface area contributed by atoms with Gasteiger partial charge in [-0.2, -0.15) is 0 Å². The molecule has 178 valence electrons. The SMILES string of the molecule is Cc1ccc(N2C(=O)NC(=O)/C(=C/c3cccc(OCc4cccc5ccccc45)c3)C2=O)cc1Cl. The second-order valence-corrected chi connectivity index (χ2v) is 8.80. The Morgan fingerprint density at radius 1 is 0.917 bits per heavy atom. The van der Waals surface area contributed by atoms with Crippen LogP contribution in [0, 0.1) is 6.92 Å². The van der Waals surface area contributed by atoms with Crippen LogP contribution >= 0.6 is 11.6 Å². The first-order valence-corrected chi connectivity index (χ1v) is 11.7. The molecule has 0 aliphatic carbocycles. The number of imide groups is 2. The van der Waals surface area contributed by atoms with Crippen molar-refractivity contribution in [1.82, 2.24) is 5.32 Å². The average Bonchev–Trinajstić information content (AvgIpc) is 2.87. The second kappa shape index (κ2) is 9.68. The van der Waals surface area contributed by atoms with Gasteiger partial charge in [0.25, 0.3) is 11.8 Å². The molecule has 4 aromatic carbocycles. The quantitative estimate of drug-likeness (QED) is 0.270. The predicted octanol–water partition coefficient (Wildman–Crippen LogP) is 6.05. The Morgan fingerprint density at radius 2 is 1.69 bits per heavy atom. The zero-order chi connectivity index (χ0) is 25.2. The van der Waals surface area contributed by atoms with Crippen molar-refractivity contribution in [3.05, 3.63) is 112 Å². The lowest BCUT2D eigenvalue weighted by molar-refractivity contribution is -0.122. The van der Waals surface area contributed by atoms with Crippen molar-refractivity contribution in [2.75, 3.05) is 4.90 Å². The van der Waals surface area contributed by atoms with E-state index < -0.39 is 17.8 Å². The van der Waals surface area contributed by atoms with E-state index in [0.717, 1.165) is 26.8 Å². The number of amides is 4. The molecule has 36 heavy (non-hydrogen) atoms. The number of halogens is 1. The summed E-state index contributed by atoms with van der Waals surface area (Å²) in [4.78, 5) is 39.1. The molecule has 1 saturated heterocycles. The average molecular weight is 497 g/mol. The summed E-state index contributed by atoms with van der Waals surface area (Å²) in [6, 6.07) is 25.2. The lowest BCUT2D eigenvalue weighted by atomic mass is 10.1. The number of urea groups is 1. The lowest BCUT2D eigenvalue weighted by Crippen LogP contribution is -2.54. The molecule has 1 aliphatic heterocycles. The van der Waals surface area contributed by atoms with Gasteiger partial charge in [0.2, 0.25) is 0 Å². The molecule has 0 atom stereocenters. The molecule has 4 aromatic rings. The van der Waals surface area contributed by atoms with E-state index >= 15 is 0 Å². The highest BCUT2D eigenvalue weighted by Crippen LogP contribution is 2.27. The summed E-state index contributed by atoms with van der Waals surface area (Å²) in [6.07, 6.45) is 1.44. The molecular weight excluding hydrogens is 476 g/mol. The fourth-order valence-corrected chi connectivity index (χ4v) is 4.23. The Kier molecular flexibility index (Phi) is 6.27. The number of fused-ring (bicyclic) bond motifs is 1. The highest BCUT2D eigenvalue weighted by molar-refractivity contribution is 6.39. The van der Waals surface area contributed by atoms with Crippen LogP contribution in [-0.4, -0.2) is 17.8 Å². The van der Waals surface area contributed by atoms with Crippen LogP contribution in [0.2, 0.25) is 5.02 Å². The van der Waals surface area contributed by atoms with Gasteiger partial charge in [0, 0.05) is 5.02 Å². The standard InChI is InChI=1S/C29H21ClN2O4/c1-18-12-13-22(16-26(18)30)32-28(34)25(27(33)31-29(32)35)15-19-6-4-10-23(14-19)36-17-21-9-5-8-20-7-2-3-11-24(20)21/h2-16H,17H2,1H3,(H,31,33,35)/b25-15-. The van der Waals surface area contributed by atoms with Crippen LogP contribution in [0.4, 0.5) is 10.5 Å². The van der Waals surface area contributed by atoms with E-state index in [-0.39, 0.29) is 11.3 Å². The van der Waals surface area contributed by atoms with Crippen molar-refractivity contribution < 1.29 is 19.1 Å². The summed E-state index contributed by atoms with van der Waals surface area (Å²) in [6.45, 7) is 2.17. The van der Waals surface area contributed by atoms with Gasteiger partial charge >= 0.3 is 6.03 Å². The first-order valence-electron chi connectivity index (χ1n) is 11.3. The summed E-state index contributed by atoms with van der Waals surface area (Å²) >= 11 is 6.18. The molecule has 5 rings (SSSR count). The Hall–Kier alpha value is -4.42. The van der Waals surface area contributed by atoms with Gasteiger partial charge in [0.15, 0.2) is 0 Å². The Morgan fingerprint density at radius 3 is 2.53 bits per heavy atom. The molecule has 1 heterocycles. The van der Waals surface area contributed by atoms with E-state index in [1.165, 1.54) is 12.1 Å². The number of ether oxygens (including phenoxy) is 1. The smallest absolute Gasteiger partial charge is 0.335 e. The van der Waals surface area contributed by atoms with E-state index in [9.17, 15) is 14.4 Å². The first kappa shape index (κ1) is 23.3. The predicted molar refractivity (Wildman–Crippen MR) is 140 cm³/mol. The number of benzene rings is 4.